The van der Waals surface area contributed by atoms with E-state index in [1.807, 2.05) is 4.57 Å². The number of fused-ring (bicyclic) bond motifs is 1. The van der Waals surface area contributed by atoms with E-state index >= 15 is 0 Å². The lowest BCUT2D eigenvalue weighted by atomic mass is 10.2. The van der Waals surface area contributed by atoms with Gasteiger partial charge in [0.25, 0.3) is 0 Å². The lowest BCUT2D eigenvalue weighted by molar-refractivity contribution is 0.273. The average Bonchev–Trinajstić information content (AvgIpc) is 3.27. The van der Waals surface area contributed by atoms with Crippen molar-refractivity contribution in [2.45, 2.75) is 71.5 Å². The van der Waals surface area contributed by atoms with E-state index in [2.05, 4.69) is 34.5 Å². The predicted molar refractivity (Wildman–Crippen MR) is 124 cm³/mol. The lowest BCUT2D eigenvalue weighted by Crippen LogP contribution is -2.40. The van der Waals surface area contributed by atoms with E-state index in [9.17, 15) is 4.79 Å². The third-order valence-corrected chi connectivity index (χ3v) is 5.58. The summed E-state index contributed by atoms with van der Waals surface area (Å²) in [5.41, 5.74) is 0.0474. The number of aromatic nitrogens is 3. The Labute approximate surface area is 185 Å². The summed E-state index contributed by atoms with van der Waals surface area (Å²) in [7, 11) is 0. The van der Waals surface area contributed by atoms with Crippen LogP contribution in [0.15, 0.2) is 9.79 Å². The van der Waals surface area contributed by atoms with Gasteiger partial charge in [-0.3, -0.25) is 14.5 Å². The van der Waals surface area contributed by atoms with E-state index in [1.165, 1.54) is 19.4 Å². The second kappa shape index (κ2) is 11.8. The first-order valence-electron chi connectivity index (χ1n) is 10.7. The molecule has 2 N–H and O–H groups in total. The molecule has 3 heterocycles. The molecule has 2 aliphatic heterocycles. The molecule has 2 aliphatic rings. The maximum absolute atomic E-state index is 12.4. The van der Waals surface area contributed by atoms with Crippen molar-refractivity contribution in [3.05, 3.63) is 16.3 Å². The zero-order chi connectivity index (χ0) is 19.1. The summed E-state index contributed by atoms with van der Waals surface area (Å²) >= 11 is 0. The van der Waals surface area contributed by atoms with Crippen molar-refractivity contribution in [1.29, 1.82) is 0 Å². The molecule has 8 nitrogen and oxygen atoms in total. The lowest BCUT2D eigenvalue weighted by Gasteiger charge is -2.21. The number of nitrogens with one attached hydrogen (secondary N) is 2. The monoisotopic (exact) mass is 505 g/mol. The van der Waals surface area contributed by atoms with Crippen molar-refractivity contribution in [2.75, 3.05) is 32.7 Å². The van der Waals surface area contributed by atoms with Crippen LogP contribution in [0.5, 0.6) is 0 Å². The van der Waals surface area contributed by atoms with Gasteiger partial charge < -0.3 is 10.6 Å². The molecule has 1 aromatic heterocycles. The zero-order valence-electron chi connectivity index (χ0n) is 17.3. The topological polar surface area (TPSA) is 79.5 Å². The van der Waals surface area contributed by atoms with Crippen LogP contribution in [0.25, 0.3) is 0 Å². The molecule has 0 aliphatic carbocycles. The standard InChI is InChI=1S/C19H35N7O.HI/c1-3-20-18(22-15-16-9-7-12-24(16)4-2)21-11-8-14-26-19(27)25-13-6-5-10-17(25)23-26;/h16H,3-15H2,1-2H3,(H2,20,21,22);1H. The van der Waals surface area contributed by atoms with Crippen LogP contribution in [0.1, 0.15) is 51.8 Å². The Bertz CT molecular complexity index is 684. The predicted octanol–water partition coefficient (Wildman–Crippen LogP) is 1.43. The molecule has 0 saturated carbocycles. The van der Waals surface area contributed by atoms with Crippen LogP contribution in [-0.2, 0) is 19.5 Å². The van der Waals surface area contributed by atoms with Crippen LogP contribution in [0.2, 0.25) is 0 Å². The molecule has 3 rings (SSSR count). The molecular weight excluding hydrogens is 469 g/mol. The van der Waals surface area contributed by atoms with Crippen molar-refractivity contribution in [2.24, 2.45) is 4.99 Å². The number of guanidine groups is 1. The Morgan fingerprint density at radius 3 is 2.82 bits per heavy atom. The van der Waals surface area contributed by atoms with Gasteiger partial charge in [0.05, 0.1) is 6.54 Å². The largest absolute Gasteiger partial charge is 0.357 e. The second-order valence-corrected chi connectivity index (χ2v) is 7.46. The van der Waals surface area contributed by atoms with Crippen molar-refractivity contribution in [3.63, 3.8) is 0 Å². The Morgan fingerprint density at radius 1 is 1.21 bits per heavy atom. The number of aryl methyl sites for hydroxylation is 2. The van der Waals surface area contributed by atoms with Crippen LogP contribution in [-0.4, -0.2) is 64.0 Å². The minimum absolute atomic E-state index is 0. The Morgan fingerprint density at radius 2 is 2.07 bits per heavy atom. The molecule has 1 unspecified atom stereocenters. The van der Waals surface area contributed by atoms with Crippen molar-refractivity contribution in [3.8, 4) is 0 Å². The third-order valence-electron chi connectivity index (χ3n) is 5.58. The van der Waals surface area contributed by atoms with Gasteiger partial charge in [-0.05, 0) is 52.1 Å². The highest BCUT2D eigenvalue weighted by Crippen LogP contribution is 2.16. The van der Waals surface area contributed by atoms with Gasteiger partial charge in [-0.2, -0.15) is 5.10 Å². The van der Waals surface area contributed by atoms with E-state index in [4.69, 9.17) is 4.99 Å². The molecular formula is C19H36IN7O. The maximum Gasteiger partial charge on any atom is 0.345 e. The number of nitrogens with zero attached hydrogens (tertiary/aromatic N) is 5. The number of likely N-dealkylation sites (tertiary alicyclic amines) is 1. The number of likely N-dealkylation sites (N-methyl/N-ethyl adjacent to an activating group) is 1. The maximum atomic E-state index is 12.4. The normalized spacial score (nSPS) is 19.9. The van der Waals surface area contributed by atoms with E-state index in [0.717, 1.165) is 70.2 Å². The molecule has 0 aromatic carbocycles. The molecule has 28 heavy (non-hydrogen) atoms. The SMILES string of the molecule is CCNC(=NCC1CCCN1CC)NCCCn1nc2n(c1=O)CCCC2.I. The van der Waals surface area contributed by atoms with Gasteiger partial charge in [0.2, 0.25) is 0 Å². The molecule has 1 saturated heterocycles. The summed E-state index contributed by atoms with van der Waals surface area (Å²) in [6, 6.07) is 0.570. The minimum Gasteiger partial charge on any atom is -0.357 e. The van der Waals surface area contributed by atoms with Gasteiger partial charge in [0, 0.05) is 38.6 Å². The first-order chi connectivity index (χ1) is 13.2. The fourth-order valence-corrected chi connectivity index (χ4v) is 4.09. The number of hydrogen-bond acceptors (Lipinski definition) is 4. The summed E-state index contributed by atoms with van der Waals surface area (Å²) in [6.07, 6.45) is 6.51. The summed E-state index contributed by atoms with van der Waals surface area (Å²) in [5, 5.41) is 11.2. The quantitative estimate of drug-likeness (QED) is 0.242. The van der Waals surface area contributed by atoms with Crippen LogP contribution in [0.4, 0.5) is 0 Å². The number of rotatable bonds is 8. The molecule has 160 valence electrons. The Kier molecular flexibility index (Phi) is 9.76. The van der Waals surface area contributed by atoms with Gasteiger partial charge in [-0.25, -0.2) is 9.48 Å². The second-order valence-electron chi connectivity index (χ2n) is 7.46. The number of hydrogen-bond donors (Lipinski definition) is 2. The zero-order valence-corrected chi connectivity index (χ0v) is 19.7. The molecule has 0 amide bonds. The Balaban J connectivity index is 0.00000280. The summed E-state index contributed by atoms with van der Waals surface area (Å²) in [6.45, 7) is 10.6. The fraction of sp³-hybridized carbons (Fsp3) is 0.842. The summed E-state index contributed by atoms with van der Waals surface area (Å²) in [5.74, 6) is 1.82. The third kappa shape index (κ3) is 5.95. The molecule has 1 fully saturated rings. The molecule has 1 atom stereocenters. The van der Waals surface area contributed by atoms with Crippen LogP contribution in [0.3, 0.4) is 0 Å². The van der Waals surface area contributed by atoms with Crippen molar-refractivity contribution in [1.82, 2.24) is 29.9 Å². The van der Waals surface area contributed by atoms with E-state index in [1.54, 1.807) is 4.68 Å². The van der Waals surface area contributed by atoms with Crippen molar-refractivity contribution >= 4 is 29.9 Å². The average molecular weight is 505 g/mol. The minimum atomic E-state index is 0. The summed E-state index contributed by atoms with van der Waals surface area (Å²) in [4.78, 5) is 19.6. The van der Waals surface area contributed by atoms with Gasteiger partial charge in [0.15, 0.2) is 5.96 Å². The number of aliphatic imine (C=N–C) groups is 1. The highest BCUT2D eigenvalue weighted by molar-refractivity contribution is 14.0. The van der Waals surface area contributed by atoms with Gasteiger partial charge in [-0.1, -0.05) is 6.92 Å². The van der Waals surface area contributed by atoms with Crippen LogP contribution >= 0.6 is 24.0 Å². The smallest absolute Gasteiger partial charge is 0.345 e. The number of halogens is 1. The van der Waals surface area contributed by atoms with E-state index in [-0.39, 0.29) is 29.7 Å². The molecule has 0 spiro atoms. The van der Waals surface area contributed by atoms with Crippen molar-refractivity contribution < 1.29 is 0 Å². The van der Waals surface area contributed by atoms with Crippen LogP contribution < -0.4 is 16.3 Å². The van der Waals surface area contributed by atoms with Crippen LogP contribution in [0, 0.1) is 0 Å². The first kappa shape index (κ1) is 23.2. The molecule has 0 radical (unpaired) electrons. The highest BCUT2D eigenvalue weighted by atomic mass is 127. The van der Waals surface area contributed by atoms with Gasteiger partial charge >= 0.3 is 5.69 Å². The molecule has 0 bridgehead atoms. The highest BCUT2D eigenvalue weighted by Gasteiger charge is 2.22. The first-order valence-corrected chi connectivity index (χ1v) is 10.7. The fourth-order valence-electron chi connectivity index (χ4n) is 4.09. The van der Waals surface area contributed by atoms with Gasteiger partial charge in [-0.15, -0.1) is 24.0 Å². The molecule has 1 aromatic rings. The van der Waals surface area contributed by atoms with Gasteiger partial charge in [0.1, 0.15) is 5.82 Å². The van der Waals surface area contributed by atoms with E-state index < -0.39 is 0 Å². The molecule has 9 heteroatoms. The Hall–Kier alpha value is -1.10. The van der Waals surface area contributed by atoms with E-state index in [0.29, 0.717) is 12.6 Å². The summed E-state index contributed by atoms with van der Waals surface area (Å²) < 4.78 is 3.47.